The first-order chi connectivity index (χ1) is 11.1. The normalized spacial score (nSPS) is 12.8. The van der Waals surface area contributed by atoms with Crippen LogP contribution in [0.1, 0.15) is 15.9 Å². The number of allylic oxidation sites excluding steroid dienone is 1. The number of carbonyl (C=O) groups is 1. The quantitative estimate of drug-likeness (QED) is 0.461. The van der Waals surface area contributed by atoms with Gasteiger partial charge < -0.3 is 9.47 Å². The first kappa shape index (κ1) is 15.3. The summed E-state index contributed by atoms with van der Waals surface area (Å²) in [6, 6.07) is 10.8. The second kappa shape index (κ2) is 6.23. The van der Waals surface area contributed by atoms with Gasteiger partial charge in [0, 0.05) is 15.6 Å². The summed E-state index contributed by atoms with van der Waals surface area (Å²) in [5.74, 6) is -0.0338. The maximum Gasteiger partial charge on any atom is 0.231 e. The van der Waals surface area contributed by atoms with E-state index in [0.717, 1.165) is 0 Å². The Morgan fingerprint density at radius 2 is 2.00 bits per heavy atom. The Morgan fingerprint density at radius 1 is 1.22 bits per heavy atom. The summed E-state index contributed by atoms with van der Waals surface area (Å²) in [4.78, 5) is 12.5. The molecule has 4 nitrogen and oxygen atoms in total. The molecule has 0 fully saturated rings. The monoisotopic (exact) mass is 373 g/mol. The molecule has 0 saturated heterocycles. The third-order valence-electron chi connectivity index (χ3n) is 3.26. The van der Waals surface area contributed by atoms with Crippen LogP contribution in [0.3, 0.4) is 0 Å². The van der Waals surface area contributed by atoms with E-state index in [1.807, 2.05) is 6.07 Å². The molecule has 0 amide bonds. The van der Waals surface area contributed by atoms with Crippen molar-refractivity contribution in [3.8, 4) is 17.6 Å². The highest BCUT2D eigenvalue weighted by atomic mass is 79.9. The van der Waals surface area contributed by atoms with Crippen LogP contribution in [0.15, 0.2) is 46.4 Å². The molecule has 0 unspecified atom stereocenters. The van der Waals surface area contributed by atoms with Crippen LogP contribution < -0.4 is 9.47 Å². The number of hydrogen-bond acceptors (Lipinski definition) is 4. The minimum absolute atomic E-state index is 0.0944. The molecule has 0 atom stereocenters. The Kier molecular flexibility index (Phi) is 4.13. The molecule has 0 saturated carbocycles. The SMILES string of the molecule is N#C/C(=C/c1cc(Br)ccc1F)C(=O)c1ccc2c(c1)OCO2. The summed E-state index contributed by atoms with van der Waals surface area (Å²) >= 11 is 3.23. The molecule has 0 spiro atoms. The molecule has 3 rings (SSSR count). The van der Waals surface area contributed by atoms with Crippen molar-refractivity contribution < 1.29 is 18.7 Å². The molecule has 2 aromatic rings. The standard InChI is InChI=1S/C17H9BrFNO3/c18-13-2-3-14(19)11(6-13)5-12(8-20)17(21)10-1-4-15-16(7-10)23-9-22-15/h1-7H,9H2/b12-5-. The highest BCUT2D eigenvalue weighted by Crippen LogP contribution is 2.33. The van der Waals surface area contributed by atoms with E-state index >= 15 is 0 Å². The lowest BCUT2D eigenvalue weighted by atomic mass is 10.0. The Hall–Kier alpha value is -2.65. The molecule has 0 radical (unpaired) electrons. The second-order valence-electron chi connectivity index (χ2n) is 4.73. The van der Waals surface area contributed by atoms with Crippen molar-refractivity contribution in [2.75, 3.05) is 6.79 Å². The van der Waals surface area contributed by atoms with Gasteiger partial charge >= 0.3 is 0 Å². The zero-order valence-corrected chi connectivity index (χ0v) is 13.3. The van der Waals surface area contributed by atoms with E-state index in [9.17, 15) is 14.4 Å². The topological polar surface area (TPSA) is 59.3 Å². The zero-order valence-electron chi connectivity index (χ0n) is 11.7. The van der Waals surface area contributed by atoms with Crippen molar-refractivity contribution >= 4 is 27.8 Å². The van der Waals surface area contributed by atoms with Gasteiger partial charge in [0.15, 0.2) is 11.5 Å². The summed E-state index contributed by atoms with van der Waals surface area (Å²) in [6.07, 6.45) is 1.23. The van der Waals surface area contributed by atoms with Gasteiger partial charge in [-0.3, -0.25) is 4.79 Å². The molecule has 0 aliphatic carbocycles. The molecule has 114 valence electrons. The lowest BCUT2D eigenvalue weighted by molar-refractivity contribution is 0.103. The van der Waals surface area contributed by atoms with Gasteiger partial charge in [0.05, 0.1) is 0 Å². The Morgan fingerprint density at radius 3 is 2.78 bits per heavy atom. The van der Waals surface area contributed by atoms with Gasteiger partial charge in [0.25, 0.3) is 0 Å². The van der Waals surface area contributed by atoms with E-state index in [-0.39, 0.29) is 23.5 Å². The van der Waals surface area contributed by atoms with Crippen molar-refractivity contribution in [1.29, 1.82) is 5.26 Å². The Labute approximate surface area is 139 Å². The zero-order chi connectivity index (χ0) is 16.4. The average Bonchev–Trinajstić information content (AvgIpc) is 3.02. The number of rotatable bonds is 3. The Bertz CT molecular complexity index is 871. The van der Waals surface area contributed by atoms with Gasteiger partial charge in [0.1, 0.15) is 17.5 Å². The highest BCUT2D eigenvalue weighted by Gasteiger charge is 2.19. The fourth-order valence-electron chi connectivity index (χ4n) is 2.12. The van der Waals surface area contributed by atoms with Crippen molar-refractivity contribution in [3.63, 3.8) is 0 Å². The molecule has 1 heterocycles. The van der Waals surface area contributed by atoms with Gasteiger partial charge in [-0.1, -0.05) is 15.9 Å². The molecule has 1 aliphatic heterocycles. The van der Waals surface area contributed by atoms with Gasteiger partial charge in [0.2, 0.25) is 12.6 Å². The van der Waals surface area contributed by atoms with Gasteiger partial charge in [-0.15, -0.1) is 0 Å². The number of nitrogens with zero attached hydrogens (tertiary/aromatic N) is 1. The Balaban J connectivity index is 1.97. The number of Topliss-reactive ketones (excluding diaryl/α,β-unsaturated/α-hetero) is 1. The molecule has 0 bridgehead atoms. The third-order valence-corrected chi connectivity index (χ3v) is 3.75. The second-order valence-corrected chi connectivity index (χ2v) is 5.65. The van der Waals surface area contributed by atoms with Crippen molar-refractivity contribution in [2.45, 2.75) is 0 Å². The summed E-state index contributed by atoms with van der Waals surface area (Å²) in [6.45, 7) is 0.0944. The van der Waals surface area contributed by atoms with E-state index < -0.39 is 11.6 Å². The van der Waals surface area contributed by atoms with Crippen LogP contribution in [-0.4, -0.2) is 12.6 Å². The molecule has 2 aromatic carbocycles. The summed E-state index contributed by atoms with van der Waals surface area (Å²) in [7, 11) is 0. The van der Waals surface area contributed by atoms with Gasteiger partial charge in [-0.05, 0) is 42.5 Å². The average molecular weight is 374 g/mol. The first-order valence-electron chi connectivity index (χ1n) is 6.59. The minimum Gasteiger partial charge on any atom is -0.454 e. The highest BCUT2D eigenvalue weighted by molar-refractivity contribution is 9.10. The van der Waals surface area contributed by atoms with E-state index in [2.05, 4.69) is 15.9 Å². The predicted molar refractivity (Wildman–Crippen MR) is 84.6 cm³/mol. The number of fused-ring (bicyclic) bond motifs is 1. The fourth-order valence-corrected chi connectivity index (χ4v) is 2.50. The maximum absolute atomic E-state index is 13.8. The lowest BCUT2D eigenvalue weighted by Gasteiger charge is -2.03. The molecular formula is C17H9BrFNO3. The molecular weight excluding hydrogens is 365 g/mol. The number of hydrogen-bond donors (Lipinski definition) is 0. The predicted octanol–water partition coefficient (Wildman–Crippen LogP) is 4.11. The van der Waals surface area contributed by atoms with E-state index in [4.69, 9.17) is 9.47 Å². The van der Waals surface area contributed by atoms with Crippen LogP contribution in [0.4, 0.5) is 4.39 Å². The lowest BCUT2D eigenvalue weighted by Crippen LogP contribution is -2.02. The molecule has 6 heteroatoms. The van der Waals surface area contributed by atoms with Gasteiger partial charge in [-0.2, -0.15) is 5.26 Å². The summed E-state index contributed by atoms with van der Waals surface area (Å²) in [5.41, 5.74) is 0.267. The maximum atomic E-state index is 13.8. The van der Waals surface area contributed by atoms with Crippen LogP contribution in [0, 0.1) is 17.1 Å². The van der Waals surface area contributed by atoms with Crippen molar-refractivity contribution in [1.82, 2.24) is 0 Å². The van der Waals surface area contributed by atoms with Crippen LogP contribution in [-0.2, 0) is 0 Å². The minimum atomic E-state index is -0.514. The number of halogens is 2. The van der Waals surface area contributed by atoms with E-state index in [0.29, 0.717) is 16.0 Å². The molecule has 0 N–H and O–H groups in total. The van der Waals surface area contributed by atoms with Crippen molar-refractivity contribution in [2.24, 2.45) is 0 Å². The molecule has 23 heavy (non-hydrogen) atoms. The van der Waals surface area contributed by atoms with Crippen LogP contribution >= 0.6 is 15.9 Å². The summed E-state index contributed by atoms with van der Waals surface area (Å²) < 4.78 is 24.8. The van der Waals surface area contributed by atoms with Crippen LogP contribution in [0.2, 0.25) is 0 Å². The molecule has 0 aromatic heterocycles. The number of benzene rings is 2. The fraction of sp³-hybridized carbons (Fsp3) is 0.0588. The van der Waals surface area contributed by atoms with Crippen LogP contribution in [0.5, 0.6) is 11.5 Å². The number of carbonyl (C=O) groups excluding carboxylic acids is 1. The third kappa shape index (κ3) is 3.10. The van der Waals surface area contributed by atoms with Crippen molar-refractivity contribution in [3.05, 3.63) is 63.4 Å². The van der Waals surface area contributed by atoms with Gasteiger partial charge in [-0.25, -0.2) is 4.39 Å². The van der Waals surface area contributed by atoms with Crippen LogP contribution in [0.25, 0.3) is 6.08 Å². The largest absolute Gasteiger partial charge is 0.454 e. The number of ether oxygens (including phenoxy) is 2. The number of ketones is 1. The van der Waals surface area contributed by atoms with E-state index in [1.54, 1.807) is 12.1 Å². The van der Waals surface area contributed by atoms with E-state index in [1.165, 1.54) is 30.3 Å². The smallest absolute Gasteiger partial charge is 0.231 e. The molecule has 1 aliphatic rings. The first-order valence-corrected chi connectivity index (χ1v) is 7.39. The number of nitriles is 1. The summed E-state index contributed by atoms with van der Waals surface area (Å²) in [5, 5.41) is 9.24.